The zero-order valence-corrected chi connectivity index (χ0v) is 16.4. The summed E-state index contributed by atoms with van der Waals surface area (Å²) in [7, 11) is 1.60. The molecule has 144 valence electrons. The van der Waals surface area contributed by atoms with Crippen molar-refractivity contribution < 1.29 is 14.3 Å². The van der Waals surface area contributed by atoms with E-state index in [1.165, 1.54) is 18.7 Å². The molecule has 1 N–H and O–H groups in total. The Hall–Kier alpha value is -3.20. The van der Waals surface area contributed by atoms with Gasteiger partial charge in [0.15, 0.2) is 5.78 Å². The van der Waals surface area contributed by atoms with E-state index in [9.17, 15) is 9.59 Å². The maximum Gasteiger partial charge on any atom is 0.237 e. The second-order valence-electron chi connectivity index (χ2n) is 5.92. The Bertz CT molecular complexity index is 987. The van der Waals surface area contributed by atoms with E-state index in [0.29, 0.717) is 16.4 Å². The van der Waals surface area contributed by atoms with Gasteiger partial charge in [0.25, 0.3) is 0 Å². The van der Waals surface area contributed by atoms with Crippen molar-refractivity contribution >= 4 is 29.1 Å². The van der Waals surface area contributed by atoms with Gasteiger partial charge in [-0.25, -0.2) is 0 Å². The standard InChI is InChI=1S/C19H19N5O3S/c1-12(25)16-6-4-5-7-17(16)20-18(26)13(2)28-19-21-22-23-24(19)14-8-10-15(27-3)11-9-14/h4-11,13H,1-3H3,(H,20,26)/t13-/m0/s1. The van der Waals surface area contributed by atoms with Crippen LogP contribution in [0.1, 0.15) is 24.2 Å². The second-order valence-corrected chi connectivity index (χ2v) is 7.23. The molecule has 9 heteroatoms. The van der Waals surface area contributed by atoms with E-state index in [1.54, 1.807) is 55.1 Å². The Labute approximate surface area is 166 Å². The lowest BCUT2D eigenvalue weighted by Gasteiger charge is -2.13. The number of thioether (sulfide) groups is 1. The molecule has 3 rings (SSSR count). The number of nitrogens with zero attached hydrogens (tertiary/aromatic N) is 4. The van der Waals surface area contributed by atoms with Gasteiger partial charge in [-0.2, -0.15) is 4.68 Å². The van der Waals surface area contributed by atoms with Crippen molar-refractivity contribution in [3.8, 4) is 11.4 Å². The van der Waals surface area contributed by atoms with Gasteiger partial charge in [0.2, 0.25) is 11.1 Å². The summed E-state index contributed by atoms with van der Waals surface area (Å²) in [5.74, 6) is 0.366. The van der Waals surface area contributed by atoms with Gasteiger partial charge in [0.1, 0.15) is 5.75 Å². The molecule has 1 heterocycles. The number of ketones is 1. The van der Waals surface area contributed by atoms with Crippen LogP contribution >= 0.6 is 11.8 Å². The summed E-state index contributed by atoms with van der Waals surface area (Å²) in [5, 5.41) is 14.5. The Morgan fingerprint density at radius 3 is 2.54 bits per heavy atom. The summed E-state index contributed by atoms with van der Waals surface area (Å²) in [4.78, 5) is 24.3. The summed E-state index contributed by atoms with van der Waals surface area (Å²) >= 11 is 1.22. The molecule has 0 radical (unpaired) electrons. The number of Topliss-reactive ketones (excluding diaryl/α,β-unsaturated/α-hetero) is 1. The Morgan fingerprint density at radius 2 is 1.86 bits per heavy atom. The maximum atomic E-state index is 12.6. The average molecular weight is 397 g/mol. The molecular weight excluding hydrogens is 378 g/mol. The minimum Gasteiger partial charge on any atom is -0.497 e. The molecule has 0 fully saturated rings. The van der Waals surface area contributed by atoms with Crippen LogP contribution in [-0.2, 0) is 4.79 Å². The zero-order valence-electron chi connectivity index (χ0n) is 15.6. The van der Waals surface area contributed by atoms with E-state index < -0.39 is 5.25 Å². The normalized spacial score (nSPS) is 11.7. The van der Waals surface area contributed by atoms with Gasteiger partial charge in [0, 0.05) is 5.56 Å². The summed E-state index contributed by atoms with van der Waals surface area (Å²) in [6.07, 6.45) is 0. The van der Waals surface area contributed by atoms with Crippen molar-refractivity contribution in [3.05, 3.63) is 54.1 Å². The molecule has 28 heavy (non-hydrogen) atoms. The Morgan fingerprint density at radius 1 is 1.14 bits per heavy atom. The van der Waals surface area contributed by atoms with E-state index in [1.807, 2.05) is 12.1 Å². The van der Waals surface area contributed by atoms with Crippen LogP contribution in [0.4, 0.5) is 5.69 Å². The number of anilines is 1. The van der Waals surface area contributed by atoms with Crippen LogP contribution in [0, 0.1) is 0 Å². The molecule has 1 atom stereocenters. The zero-order chi connectivity index (χ0) is 20.1. The number of para-hydroxylation sites is 1. The number of nitrogens with one attached hydrogen (secondary N) is 1. The first-order valence-electron chi connectivity index (χ1n) is 8.50. The molecule has 0 unspecified atom stereocenters. The average Bonchev–Trinajstić information content (AvgIpc) is 3.16. The van der Waals surface area contributed by atoms with Crippen molar-refractivity contribution in [2.45, 2.75) is 24.3 Å². The SMILES string of the molecule is COc1ccc(-n2nnnc2S[C@@H](C)C(=O)Nc2ccccc2C(C)=O)cc1. The largest absolute Gasteiger partial charge is 0.497 e. The van der Waals surface area contributed by atoms with Gasteiger partial charge in [-0.05, 0) is 60.7 Å². The molecule has 1 amide bonds. The molecule has 0 aliphatic carbocycles. The number of carbonyl (C=O) groups is 2. The number of hydrogen-bond acceptors (Lipinski definition) is 7. The van der Waals surface area contributed by atoms with E-state index in [4.69, 9.17) is 4.74 Å². The number of methoxy groups -OCH3 is 1. The smallest absolute Gasteiger partial charge is 0.237 e. The minimum atomic E-state index is -0.483. The summed E-state index contributed by atoms with van der Waals surface area (Å²) in [6, 6.07) is 14.2. The number of amides is 1. The van der Waals surface area contributed by atoms with Crippen molar-refractivity contribution in [1.29, 1.82) is 0 Å². The number of rotatable bonds is 7. The molecule has 0 saturated carbocycles. The quantitative estimate of drug-likeness (QED) is 0.483. The van der Waals surface area contributed by atoms with Crippen LogP contribution in [0.5, 0.6) is 5.75 Å². The third-order valence-corrected chi connectivity index (χ3v) is 5.01. The van der Waals surface area contributed by atoms with Crippen molar-refractivity contribution in [3.63, 3.8) is 0 Å². The summed E-state index contributed by atoms with van der Waals surface area (Å²) < 4.78 is 6.71. The monoisotopic (exact) mass is 397 g/mol. The fraction of sp³-hybridized carbons (Fsp3) is 0.211. The van der Waals surface area contributed by atoms with Gasteiger partial charge in [-0.15, -0.1) is 5.10 Å². The molecule has 0 aliphatic heterocycles. The van der Waals surface area contributed by atoms with Gasteiger partial charge < -0.3 is 10.1 Å². The fourth-order valence-corrected chi connectivity index (χ4v) is 3.29. The lowest BCUT2D eigenvalue weighted by atomic mass is 10.1. The topological polar surface area (TPSA) is 99.0 Å². The predicted molar refractivity (Wildman–Crippen MR) is 106 cm³/mol. The van der Waals surface area contributed by atoms with E-state index >= 15 is 0 Å². The van der Waals surface area contributed by atoms with Gasteiger partial charge >= 0.3 is 0 Å². The first-order valence-corrected chi connectivity index (χ1v) is 9.38. The molecule has 0 saturated heterocycles. The fourth-order valence-electron chi connectivity index (χ4n) is 2.48. The number of hydrogen-bond donors (Lipinski definition) is 1. The van der Waals surface area contributed by atoms with E-state index in [0.717, 1.165) is 11.4 Å². The highest BCUT2D eigenvalue weighted by atomic mass is 32.2. The maximum absolute atomic E-state index is 12.6. The van der Waals surface area contributed by atoms with Crippen LogP contribution in [0.2, 0.25) is 0 Å². The number of ether oxygens (including phenoxy) is 1. The molecule has 2 aromatic carbocycles. The number of carbonyl (C=O) groups excluding carboxylic acids is 2. The van der Waals surface area contributed by atoms with Crippen molar-refractivity contribution in [2.24, 2.45) is 0 Å². The van der Waals surface area contributed by atoms with Crippen LogP contribution in [0.3, 0.4) is 0 Å². The molecular formula is C19H19N5O3S. The van der Waals surface area contributed by atoms with Crippen molar-refractivity contribution in [1.82, 2.24) is 20.2 Å². The number of benzene rings is 2. The molecule has 8 nitrogen and oxygen atoms in total. The van der Waals surface area contributed by atoms with Crippen LogP contribution in [0.25, 0.3) is 5.69 Å². The lowest BCUT2D eigenvalue weighted by molar-refractivity contribution is -0.115. The molecule has 1 aromatic heterocycles. The summed E-state index contributed by atoms with van der Waals surface area (Å²) in [6.45, 7) is 3.22. The second kappa shape index (κ2) is 8.66. The first-order chi connectivity index (χ1) is 13.5. The molecule has 3 aromatic rings. The van der Waals surface area contributed by atoms with E-state index in [2.05, 4.69) is 20.8 Å². The van der Waals surface area contributed by atoms with Gasteiger partial charge in [-0.1, -0.05) is 23.9 Å². The molecule has 0 bridgehead atoms. The van der Waals surface area contributed by atoms with Crippen LogP contribution in [0.15, 0.2) is 53.7 Å². The molecule has 0 spiro atoms. The van der Waals surface area contributed by atoms with Gasteiger partial charge in [-0.3, -0.25) is 9.59 Å². The van der Waals surface area contributed by atoms with Crippen LogP contribution in [-0.4, -0.2) is 44.3 Å². The lowest BCUT2D eigenvalue weighted by Crippen LogP contribution is -2.24. The minimum absolute atomic E-state index is 0.111. The van der Waals surface area contributed by atoms with E-state index in [-0.39, 0.29) is 11.7 Å². The number of aromatic nitrogens is 4. The third kappa shape index (κ3) is 4.37. The Kier molecular flexibility index (Phi) is 6.05. The third-order valence-electron chi connectivity index (χ3n) is 3.97. The highest BCUT2D eigenvalue weighted by molar-refractivity contribution is 8.00. The van der Waals surface area contributed by atoms with Crippen LogP contribution < -0.4 is 10.1 Å². The highest BCUT2D eigenvalue weighted by Crippen LogP contribution is 2.25. The number of tetrazole rings is 1. The summed E-state index contributed by atoms with van der Waals surface area (Å²) in [5.41, 5.74) is 1.71. The molecule has 0 aliphatic rings. The van der Waals surface area contributed by atoms with Gasteiger partial charge in [0.05, 0.1) is 23.7 Å². The predicted octanol–water partition coefficient (Wildman–Crippen LogP) is 2.99. The van der Waals surface area contributed by atoms with Crippen molar-refractivity contribution in [2.75, 3.05) is 12.4 Å². The Balaban J connectivity index is 1.73. The highest BCUT2D eigenvalue weighted by Gasteiger charge is 2.20. The first kappa shape index (κ1) is 19.6.